The Morgan fingerprint density at radius 3 is 2.13 bits per heavy atom. The number of nitrogens with one attached hydrogen (secondary N) is 2. The molecule has 0 saturated heterocycles. The van der Waals surface area contributed by atoms with Gasteiger partial charge in [0, 0.05) is 29.2 Å². The SMILES string of the molecule is O=C(O)c1ccc(CNC(=O)c2cc(-c3ccccc3)cc3[nH]cc(Cc4ccc(C(F)(F)F)cc4)c23)cc1. The van der Waals surface area contributed by atoms with Crippen LogP contribution in [0.4, 0.5) is 13.2 Å². The average Bonchev–Trinajstić information content (AvgIpc) is 3.34. The van der Waals surface area contributed by atoms with E-state index in [0.29, 0.717) is 22.9 Å². The Labute approximate surface area is 221 Å². The van der Waals surface area contributed by atoms with Crippen molar-refractivity contribution in [1.82, 2.24) is 10.3 Å². The highest BCUT2D eigenvalue weighted by atomic mass is 19.4. The summed E-state index contributed by atoms with van der Waals surface area (Å²) in [6.07, 6.45) is -2.30. The Morgan fingerprint density at radius 2 is 1.49 bits per heavy atom. The van der Waals surface area contributed by atoms with E-state index in [0.717, 1.165) is 39.9 Å². The molecule has 8 heteroatoms. The first-order valence-corrected chi connectivity index (χ1v) is 12.1. The summed E-state index contributed by atoms with van der Waals surface area (Å²) in [5.41, 5.74) is 4.56. The van der Waals surface area contributed by atoms with Gasteiger partial charge in [0.2, 0.25) is 0 Å². The fourth-order valence-electron chi connectivity index (χ4n) is 4.53. The van der Waals surface area contributed by atoms with Crippen molar-refractivity contribution in [3.63, 3.8) is 0 Å². The summed E-state index contributed by atoms with van der Waals surface area (Å²) in [6, 6.07) is 24.6. The highest BCUT2D eigenvalue weighted by Gasteiger charge is 2.30. The molecule has 0 bridgehead atoms. The highest BCUT2D eigenvalue weighted by Crippen LogP contribution is 2.32. The number of aromatic amines is 1. The number of H-pyrrole nitrogens is 1. The molecule has 0 radical (unpaired) electrons. The van der Waals surface area contributed by atoms with Crippen LogP contribution in [0.2, 0.25) is 0 Å². The summed E-state index contributed by atoms with van der Waals surface area (Å²) in [5, 5.41) is 12.7. The lowest BCUT2D eigenvalue weighted by Gasteiger charge is -2.12. The first-order chi connectivity index (χ1) is 18.7. The molecular weight excluding hydrogens is 505 g/mol. The predicted molar refractivity (Wildman–Crippen MR) is 143 cm³/mol. The van der Waals surface area contributed by atoms with Gasteiger partial charge in [-0.3, -0.25) is 4.79 Å². The first-order valence-electron chi connectivity index (χ1n) is 12.1. The fourth-order valence-corrected chi connectivity index (χ4v) is 4.53. The monoisotopic (exact) mass is 528 g/mol. The third-order valence-electron chi connectivity index (χ3n) is 6.54. The number of alkyl halides is 3. The van der Waals surface area contributed by atoms with Gasteiger partial charge in [0.1, 0.15) is 0 Å². The molecule has 0 aliphatic carbocycles. The lowest BCUT2D eigenvalue weighted by Crippen LogP contribution is -2.23. The summed E-state index contributed by atoms with van der Waals surface area (Å²) in [5.74, 6) is -1.35. The normalized spacial score (nSPS) is 11.5. The molecule has 3 N–H and O–H groups in total. The molecule has 0 spiro atoms. The number of carbonyl (C=O) groups excluding carboxylic acids is 1. The van der Waals surface area contributed by atoms with Gasteiger partial charge >= 0.3 is 12.1 Å². The molecule has 5 aromatic rings. The smallest absolute Gasteiger partial charge is 0.416 e. The number of carboxylic acid groups (broad SMARTS) is 1. The Bertz CT molecular complexity index is 1640. The van der Waals surface area contributed by atoms with Crippen molar-refractivity contribution < 1.29 is 27.9 Å². The van der Waals surface area contributed by atoms with Gasteiger partial charge in [0.15, 0.2) is 0 Å². The molecule has 4 aromatic carbocycles. The minimum absolute atomic E-state index is 0.155. The molecule has 1 amide bonds. The number of carboxylic acids is 1. The van der Waals surface area contributed by atoms with Crippen molar-refractivity contribution in [1.29, 1.82) is 0 Å². The van der Waals surface area contributed by atoms with E-state index in [1.807, 2.05) is 42.5 Å². The van der Waals surface area contributed by atoms with Gasteiger partial charge in [-0.15, -0.1) is 0 Å². The van der Waals surface area contributed by atoms with Crippen molar-refractivity contribution >= 4 is 22.8 Å². The molecule has 0 fully saturated rings. The second-order valence-electron chi connectivity index (χ2n) is 9.18. The molecule has 39 heavy (non-hydrogen) atoms. The van der Waals surface area contributed by atoms with Gasteiger partial charge < -0.3 is 15.4 Å². The molecule has 0 aliphatic heterocycles. The predicted octanol–water partition coefficient (Wildman–Crippen LogP) is 7.07. The zero-order valence-electron chi connectivity index (χ0n) is 20.5. The van der Waals surface area contributed by atoms with E-state index in [4.69, 9.17) is 5.11 Å². The van der Waals surface area contributed by atoms with Crippen LogP contribution in [0.15, 0.2) is 97.2 Å². The maximum atomic E-state index is 13.5. The zero-order valence-corrected chi connectivity index (χ0v) is 20.5. The van der Waals surface area contributed by atoms with Gasteiger partial charge in [-0.25, -0.2) is 4.79 Å². The molecular formula is C31H23F3N2O3. The Balaban J connectivity index is 1.49. The zero-order chi connectivity index (χ0) is 27.6. The largest absolute Gasteiger partial charge is 0.478 e. The summed E-state index contributed by atoms with van der Waals surface area (Å²) >= 11 is 0. The second kappa shape index (κ2) is 10.5. The van der Waals surface area contributed by atoms with Crippen LogP contribution in [-0.4, -0.2) is 22.0 Å². The fraction of sp³-hybridized carbons (Fsp3) is 0.0968. The number of amides is 1. The standard InChI is InChI=1S/C31H23F3N2O3/c32-31(33,34)25-12-8-19(9-13-25)14-24-18-35-27-16-23(21-4-2-1-3-5-21)15-26(28(24)27)29(37)36-17-20-6-10-22(11-7-20)30(38)39/h1-13,15-16,18,35H,14,17H2,(H,36,37)(H,38,39). The van der Waals surface area contributed by atoms with Gasteiger partial charge in [0.05, 0.1) is 11.1 Å². The van der Waals surface area contributed by atoms with Crippen LogP contribution in [0, 0.1) is 0 Å². The topological polar surface area (TPSA) is 82.2 Å². The van der Waals surface area contributed by atoms with Crippen LogP contribution >= 0.6 is 0 Å². The van der Waals surface area contributed by atoms with Crippen molar-refractivity contribution in [3.8, 4) is 11.1 Å². The third-order valence-corrected chi connectivity index (χ3v) is 6.54. The van der Waals surface area contributed by atoms with Gasteiger partial charge in [0.25, 0.3) is 5.91 Å². The molecule has 1 aromatic heterocycles. The maximum absolute atomic E-state index is 13.5. The first kappa shape index (κ1) is 25.8. The Kier molecular flexibility index (Phi) is 6.94. The van der Waals surface area contributed by atoms with E-state index in [9.17, 15) is 22.8 Å². The van der Waals surface area contributed by atoms with Crippen LogP contribution in [0.3, 0.4) is 0 Å². The van der Waals surface area contributed by atoms with Crippen LogP contribution < -0.4 is 5.32 Å². The van der Waals surface area contributed by atoms with E-state index in [-0.39, 0.29) is 18.0 Å². The van der Waals surface area contributed by atoms with Gasteiger partial charge in [-0.2, -0.15) is 13.2 Å². The molecule has 0 saturated carbocycles. The van der Waals surface area contributed by atoms with Crippen LogP contribution in [-0.2, 0) is 19.1 Å². The van der Waals surface area contributed by atoms with Crippen LogP contribution in [0.5, 0.6) is 0 Å². The molecule has 5 nitrogen and oxygen atoms in total. The summed E-state index contributed by atoms with van der Waals surface area (Å²) < 4.78 is 39.0. The van der Waals surface area contributed by atoms with Gasteiger partial charge in [-0.1, -0.05) is 54.6 Å². The number of halogens is 3. The molecule has 0 unspecified atom stereocenters. The molecule has 5 rings (SSSR count). The summed E-state index contributed by atoms with van der Waals surface area (Å²) in [6.45, 7) is 0.189. The molecule has 196 valence electrons. The quantitative estimate of drug-likeness (QED) is 0.211. The Morgan fingerprint density at radius 1 is 0.821 bits per heavy atom. The number of fused-ring (bicyclic) bond motifs is 1. The van der Waals surface area contributed by atoms with Crippen molar-refractivity contribution in [3.05, 3.63) is 131 Å². The van der Waals surface area contributed by atoms with E-state index in [2.05, 4.69) is 10.3 Å². The number of benzene rings is 4. The van der Waals surface area contributed by atoms with E-state index >= 15 is 0 Å². The number of hydrogen-bond donors (Lipinski definition) is 3. The Hall–Kier alpha value is -4.85. The average molecular weight is 529 g/mol. The third kappa shape index (κ3) is 5.70. The highest BCUT2D eigenvalue weighted by molar-refractivity contribution is 6.09. The lowest BCUT2D eigenvalue weighted by molar-refractivity contribution is -0.137. The number of carbonyl (C=O) groups is 2. The summed E-state index contributed by atoms with van der Waals surface area (Å²) in [4.78, 5) is 27.8. The van der Waals surface area contributed by atoms with E-state index < -0.39 is 17.7 Å². The minimum atomic E-state index is -4.41. The number of aromatic carboxylic acids is 1. The lowest BCUT2D eigenvalue weighted by atomic mass is 9.95. The van der Waals surface area contributed by atoms with Crippen molar-refractivity contribution in [2.75, 3.05) is 0 Å². The molecule has 0 aliphatic rings. The van der Waals surface area contributed by atoms with Crippen molar-refractivity contribution in [2.45, 2.75) is 19.1 Å². The molecule has 0 atom stereocenters. The summed E-state index contributed by atoms with van der Waals surface area (Å²) in [7, 11) is 0. The number of rotatable bonds is 7. The minimum Gasteiger partial charge on any atom is -0.478 e. The van der Waals surface area contributed by atoms with E-state index in [1.54, 1.807) is 18.3 Å². The number of aromatic nitrogens is 1. The second-order valence-corrected chi connectivity index (χ2v) is 9.18. The van der Waals surface area contributed by atoms with Crippen molar-refractivity contribution in [2.24, 2.45) is 0 Å². The van der Waals surface area contributed by atoms with Crippen LogP contribution in [0.25, 0.3) is 22.0 Å². The van der Waals surface area contributed by atoms with Crippen LogP contribution in [0.1, 0.15) is 43.0 Å². The molecule has 1 heterocycles. The maximum Gasteiger partial charge on any atom is 0.416 e. The van der Waals surface area contributed by atoms with Gasteiger partial charge in [-0.05, 0) is 70.6 Å². The number of hydrogen-bond acceptors (Lipinski definition) is 2. The van der Waals surface area contributed by atoms with E-state index in [1.165, 1.54) is 24.3 Å².